The van der Waals surface area contributed by atoms with Crippen molar-refractivity contribution in [3.8, 4) is 0 Å². The van der Waals surface area contributed by atoms with Crippen LogP contribution in [0.15, 0.2) is 53.6 Å². The number of nitrogens with one attached hydrogen (secondary N) is 1. The van der Waals surface area contributed by atoms with Gasteiger partial charge in [0.25, 0.3) is 0 Å². The molecule has 0 radical (unpaired) electrons. The molecule has 1 aliphatic rings. The summed E-state index contributed by atoms with van der Waals surface area (Å²) in [6.45, 7) is 7.08. The summed E-state index contributed by atoms with van der Waals surface area (Å²) >= 11 is 5.94. The molecule has 0 atom stereocenters. The normalized spacial score (nSPS) is 16.0. The van der Waals surface area contributed by atoms with E-state index < -0.39 is 0 Å². The molecule has 0 aliphatic carbocycles. The van der Waals surface area contributed by atoms with Crippen LogP contribution < -0.4 is 5.43 Å². The van der Waals surface area contributed by atoms with E-state index in [-0.39, 0.29) is 11.8 Å². The van der Waals surface area contributed by atoms with Gasteiger partial charge in [-0.3, -0.25) is 9.69 Å². The minimum Gasteiger partial charge on any atom is -0.299 e. The van der Waals surface area contributed by atoms with Crippen molar-refractivity contribution in [1.29, 1.82) is 0 Å². The number of amides is 1. The first kappa shape index (κ1) is 20.6. The van der Waals surface area contributed by atoms with Gasteiger partial charge in [0.15, 0.2) is 0 Å². The number of benzene rings is 2. The Morgan fingerprint density at radius 2 is 1.79 bits per heavy atom. The van der Waals surface area contributed by atoms with Crippen LogP contribution in [0.2, 0.25) is 5.02 Å². The molecule has 0 aromatic heterocycles. The lowest BCUT2D eigenvalue weighted by molar-refractivity contribution is -0.126. The monoisotopic (exact) mass is 397 g/mol. The summed E-state index contributed by atoms with van der Waals surface area (Å²) in [6, 6.07) is 16.2. The van der Waals surface area contributed by atoms with Crippen LogP contribution in [0.1, 0.15) is 49.3 Å². The Morgan fingerprint density at radius 1 is 1.14 bits per heavy atom. The van der Waals surface area contributed by atoms with Crippen molar-refractivity contribution >= 4 is 23.7 Å². The number of nitrogens with zero attached hydrogens (tertiary/aromatic N) is 2. The Morgan fingerprint density at radius 3 is 2.39 bits per heavy atom. The molecule has 1 N–H and O–H groups in total. The van der Waals surface area contributed by atoms with E-state index in [1.807, 2.05) is 24.3 Å². The highest BCUT2D eigenvalue weighted by Crippen LogP contribution is 2.20. The van der Waals surface area contributed by atoms with Gasteiger partial charge in [0, 0.05) is 17.5 Å². The molecule has 148 valence electrons. The van der Waals surface area contributed by atoms with E-state index in [0.717, 1.165) is 43.1 Å². The maximum absolute atomic E-state index is 12.4. The molecule has 1 heterocycles. The molecular formula is C23H28ClN3O. The second-order valence-corrected chi connectivity index (χ2v) is 8.17. The van der Waals surface area contributed by atoms with E-state index in [9.17, 15) is 4.79 Å². The van der Waals surface area contributed by atoms with E-state index in [1.165, 1.54) is 11.1 Å². The average molecular weight is 398 g/mol. The number of likely N-dealkylation sites (tertiary alicyclic amines) is 1. The fraction of sp³-hybridized carbons (Fsp3) is 0.391. The van der Waals surface area contributed by atoms with Crippen molar-refractivity contribution in [2.45, 2.75) is 39.2 Å². The first-order valence-electron chi connectivity index (χ1n) is 9.91. The molecule has 1 amide bonds. The van der Waals surface area contributed by atoms with Crippen molar-refractivity contribution in [2.75, 3.05) is 13.1 Å². The molecule has 4 nitrogen and oxygen atoms in total. The zero-order valence-electron chi connectivity index (χ0n) is 16.6. The third-order valence-electron chi connectivity index (χ3n) is 5.27. The lowest BCUT2D eigenvalue weighted by Gasteiger charge is -2.30. The summed E-state index contributed by atoms with van der Waals surface area (Å²) in [7, 11) is 0. The molecule has 0 unspecified atom stereocenters. The van der Waals surface area contributed by atoms with E-state index >= 15 is 0 Å². The molecule has 3 rings (SSSR count). The van der Waals surface area contributed by atoms with Gasteiger partial charge in [0.05, 0.1) is 6.21 Å². The van der Waals surface area contributed by atoms with Crippen LogP contribution in [0, 0.1) is 5.92 Å². The number of rotatable bonds is 6. The first-order valence-corrected chi connectivity index (χ1v) is 10.3. The van der Waals surface area contributed by atoms with Crippen LogP contribution in [0.25, 0.3) is 0 Å². The summed E-state index contributed by atoms with van der Waals surface area (Å²) < 4.78 is 0. The zero-order valence-corrected chi connectivity index (χ0v) is 17.3. The summed E-state index contributed by atoms with van der Waals surface area (Å²) in [4.78, 5) is 14.8. The number of hydrogen-bond acceptors (Lipinski definition) is 3. The quantitative estimate of drug-likeness (QED) is 0.560. The van der Waals surface area contributed by atoms with Crippen LogP contribution in [0.4, 0.5) is 0 Å². The predicted octanol–water partition coefficient (Wildman–Crippen LogP) is 4.83. The lowest BCUT2D eigenvalue weighted by atomic mass is 9.96. The second-order valence-electron chi connectivity index (χ2n) is 7.73. The molecule has 1 aliphatic heterocycles. The maximum atomic E-state index is 12.4. The Labute approximate surface area is 172 Å². The average Bonchev–Trinajstić information content (AvgIpc) is 2.70. The van der Waals surface area contributed by atoms with Crippen LogP contribution in [-0.4, -0.2) is 30.1 Å². The smallest absolute Gasteiger partial charge is 0.243 e. The van der Waals surface area contributed by atoms with Crippen molar-refractivity contribution < 1.29 is 4.79 Å². The van der Waals surface area contributed by atoms with E-state index in [2.05, 4.69) is 53.5 Å². The highest BCUT2D eigenvalue weighted by Gasteiger charge is 2.24. The van der Waals surface area contributed by atoms with Crippen LogP contribution in [0.3, 0.4) is 0 Å². The molecule has 5 heteroatoms. The largest absolute Gasteiger partial charge is 0.299 e. The van der Waals surface area contributed by atoms with E-state index in [0.29, 0.717) is 5.92 Å². The van der Waals surface area contributed by atoms with Crippen molar-refractivity contribution in [2.24, 2.45) is 11.0 Å². The second kappa shape index (κ2) is 9.85. The molecule has 0 saturated carbocycles. The molecule has 2 aromatic rings. The van der Waals surface area contributed by atoms with Gasteiger partial charge in [-0.2, -0.15) is 5.10 Å². The van der Waals surface area contributed by atoms with Gasteiger partial charge in [-0.1, -0.05) is 61.8 Å². The standard InChI is InChI=1S/C23H28ClN3O/c1-17(2)20-7-3-18(4-8-20)15-25-26-23(28)21-11-13-27(14-12-21)16-19-5-9-22(24)10-6-19/h3-10,15,17,21H,11-14,16H2,1-2H3,(H,26,28). The molecule has 0 bridgehead atoms. The number of halogens is 1. The minimum atomic E-state index is 0.0150. The van der Waals surface area contributed by atoms with E-state index in [1.54, 1.807) is 6.21 Å². The molecule has 0 spiro atoms. The molecule has 28 heavy (non-hydrogen) atoms. The number of hydrogen-bond donors (Lipinski definition) is 1. The third-order valence-corrected chi connectivity index (χ3v) is 5.52. The number of carbonyl (C=O) groups excluding carboxylic acids is 1. The number of hydrazone groups is 1. The van der Waals surface area contributed by atoms with Gasteiger partial charge in [0.1, 0.15) is 0 Å². The van der Waals surface area contributed by atoms with Crippen molar-refractivity contribution in [3.63, 3.8) is 0 Å². The Bertz CT molecular complexity index is 792. The lowest BCUT2D eigenvalue weighted by Crippen LogP contribution is -2.39. The summed E-state index contributed by atoms with van der Waals surface area (Å²) in [6.07, 6.45) is 3.42. The first-order chi connectivity index (χ1) is 13.5. The summed E-state index contributed by atoms with van der Waals surface area (Å²) in [5.41, 5.74) is 6.24. The van der Waals surface area contributed by atoms with Crippen LogP contribution in [0.5, 0.6) is 0 Å². The summed E-state index contributed by atoms with van der Waals surface area (Å²) in [5, 5.41) is 4.90. The van der Waals surface area contributed by atoms with Gasteiger partial charge in [-0.25, -0.2) is 5.43 Å². The topological polar surface area (TPSA) is 44.7 Å². The Balaban J connectivity index is 1.42. The van der Waals surface area contributed by atoms with Crippen molar-refractivity contribution in [3.05, 3.63) is 70.2 Å². The van der Waals surface area contributed by atoms with Crippen LogP contribution in [-0.2, 0) is 11.3 Å². The third kappa shape index (κ3) is 5.91. The van der Waals surface area contributed by atoms with E-state index in [4.69, 9.17) is 11.6 Å². The van der Waals surface area contributed by atoms with Gasteiger partial charge in [0.2, 0.25) is 5.91 Å². The number of piperidine rings is 1. The Hall–Kier alpha value is -2.17. The highest BCUT2D eigenvalue weighted by molar-refractivity contribution is 6.30. The molecule has 2 aromatic carbocycles. The fourth-order valence-corrected chi connectivity index (χ4v) is 3.56. The fourth-order valence-electron chi connectivity index (χ4n) is 3.43. The Kier molecular flexibility index (Phi) is 7.24. The van der Waals surface area contributed by atoms with Crippen LogP contribution >= 0.6 is 11.6 Å². The number of carbonyl (C=O) groups is 1. The molecular weight excluding hydrogens is 370 g/mol. The van der Waals surface area contributed by atoms with Gasteiger partial charge in [-0.15, -0.1) is 0 Å². The van der Waals surface area contributed by atoms with Crippen molar-refractivity contribution in [1.82, 2.24) is 10.3 Å². The van der Waals surface area contributed by atoms with Gasteiger partial charge >= 0.3 is 0 Å². The zero-order chi connectivity index (χ0) is 19.9. The SMILES string of the molecule is CC(C)c1ccc(C=NNC(=O)C2CCN(Cc3ccc(Cl)cc3)CC2)cc1. The summed E-state index contributed by atoms with van der Waals surface area (Å²) in [5.74, 6) is 0.555. The van der Waals surface area contributed by atoms with Gasteiger partial charge < -0.3 is 0 Å². The predicted molar refractivity (Wildman–Crippen MR) is 116 cm³/mol. The molecule has 1 saturated heterocycles. The highest BCUT2D eigenvalue weighted by atomic mass is 35.5. The molecule has 1 fully saturated rings. The van der Waals surface area contributed by atoms with Gasteiger partial charge in [-0.05, 0) is 60.7 Å². The maximum Gasteiger partial charge on any atom is 0.243 e. The minimum absolute atomic E-state index is 0.0150.